The molecule has 0 radical (unpaired) electrons. The molecule has 0 saturated carbocycles. The van der Waals surface area contributed by atoms with Gasteiger partial charge >= 0.3 is 11.9 Å². The van der Waals surface area contributed by atoms with E-state index in [9.17, 15) is 87.5 Å². The lowest BCUT2D eigenvalue weighted by atomic mass is 10.1. The topological polar surface area (TPSA) is 755 Å². The highest BCUT2D eigenvalue weighted by Crippen LogP contribution is 2.30. The molecule has 30 N–H and O–H groups in total. The van der Waals surface area contributed by atoms with Gasteiger partial charge in [-0.1, -0.05) is 30.3 Å². The number of nitrogens with zero attached hydrogens (tertiary/aromatic N) is 1. The molecule has 818 valence electrons. The minimum Gasteiger partial charge on any atom is -0.508 e. The average molecular weight is 2050 g/mol. The molecule has 0 spiro atoms. The maximum atomic E-state index is 10.7. The zero-order valence-electron chi connectivity index (χ0n) is 86.1. The number of hydrogen-bond acceptors (Lipinski definition) is 39. The van der Waals surface area contributed by atoms with Crippen molar-refractivity contribution in [2.24, 2.45) is 22.2 Å². The molecule has 0 bridgehead atoms. The van der Waals surface area contributed by atoms with Crippen LogP contribution >= 0.6 is 0 Å². The number of H-pyrrole nitrogens is 1. The number of carbonyl (C=O) groups excluding carboxylic acids is 12. The number of aromatic nitrogens is 1. The van der Waals surface area contributed by atoms with Crippen LogP contribution in [0.3, 0.4) is 0 Å². The van der Waals surface area contributed by atoms with Crippen molar-refractivity contribution in [3.8, 4) is 51.7 Å². The van der Waals surface area contributed by atoms with Crippen molar-refractivity contribution in [3.63, 3.8) is 0 Å². The molecule has 0 aliphatic carbocycles. The van der Waals surface area contributed by atoms with Gasteiger partial charge in [0.2, 0.25) is 0 Å². The third kappa shape index (κ3) is 110. The second-order valence-corrected chi connectivity index (χ2v) is 32.3. The molecular weight excluding hydrogens is 1890 g/mol. The number of aryl methyl sites for hydroxylation is 1. The Morgan fingerprint density at radius 1 is 0.352 bits per heavy atom. The van der Waals surface area contributed by atoms with Crippen molar-refractivity contribution in [1.29, 1.82) is 0 Å². The van der Waals surface area contributed by atoms with Crippen LogP contribution in [0, 0.1) is 0 Å². The average Bonchev–Trinajstić information content (AvgIpc) is 1.23. The fourth-order valence-corrected chi connectivity index (χ4v) is 10.1. The number of ether oxygens (including phenoxy) is 2. The summed E-state index contributed by atoms with van der Waals surface area (Å²) in [6.07, 6.45) is 11.7. The summed E-state index contributed by atoms with van der Waals surface area (Å²) < 4.78 is 10.0. The van der Waals surface area contributed by atoms with E-state index in [4.69, 9.17) is 77.7 Å². The summed E-state index contributed by atoms with van der Waals surface area (Å²) in [6.45, 7) is 28.9. The number of aromatic hydroxyl groups is 9. The Morgan fingerprint density at radius 3 is 1.15 bits per heavy atom. The summed E-state index contributed by atoms with van der Waals surface area (Å²) in [4.78, 5) is 152. The van der Waals surface area contributed by atoms with Crippen LogP contribution in [-0.2, 0) is 103 Å². The highest BCUT2D eigenvalue weighted by Gasteiger charge is 2.12. The summed E-state index contributed by atoms with van der Waals surface area (Å²) in [5.41, 5.74) is 20.6. The molecular formula is C101H164N14O30. The number of aliphatic hydroxyl groups excluding tert-OH is 3. The number of anilines is 1. The molecule has 1 unspecified atom stereocenters. The van der Waals surface area contributed by atoms with Gasteiger partial charge in [0.05, 0.1) is 104 Å². The highest BCUT2D eigenvalue weighted by molar-refractivity contribution is 5.82. The van der Waals surface area contributed by atoms with Crippen LogP contribution < -0.4 is 65.1 Å². The van der Waals surface area contributed by atoms with Crippen molar-refractivity contribution < 1.29 is 148 Å². The second kappa shape index (κ2) is 97.2. The third-order valence-electron chi connectivity index (χ3n) is 17.1. The summed E-state index contributed by atoms with van der Waals surface area (Å²) in [5.74, 6) is -1.45. The number of ketones is 12. The van der Waals surface area contributed by atoms with E-state index in [1.807, 2.05) is 30.5 Å². The number of phenolic OH excluding ortho intramolecular Hbond substituents is 9. The van der Waals surface area contributed by atoms with Crippen molar-refractivity contribution in [2.75, 3.05) is 156 Å². The first kappa shape index (κ1) is 143. The Kier molecular flexibility index (Phi) is 95.7. The fraction of sp³-hybridized carbons (Fsp3) is 0.515. The van der Waals surface area contributed by atoms with E-state index < -0.39 is 18.0 Å². The Labute approximate surface area is 850 Å². The number of aliphatic carboxylic acids is 2. The number of rotatable bonds is 60. The standard InChI is InChI=1S/C11H15NO4.C11H15NO3.C11H14O3.C10H13NO2.C9H11NO3.C8H12N2O.2C8H16O3.C7H16N4O.C7H16N2O.C6H11NO3.C5H9NO3/c1-7(13)5-12-6-11(16)8-2-3-9(14)10(15)4-8;1-8(13)7-12-5-4-9-2-3-10(14)11(15)6-9;1-8(12)3-2-4-9-5-6-10(13)11(14)7-9;1-8(12)6-11-7-9-2-4-10(13)5-3-9;1-6(11)5-10-7-2-3-8(12)9(13)4-7;1-7(11)5-9-6-8-3-2-4-10-8;2*1-8(10)4-2-3-6-11-7-5-9;1-6(12)5-10-3-2-4-11-7(8)9;1-7(10)6-9-5-3-2-4-8;1-5(8)4-7-3-2-6(9)10;1-4(7)2-6-3-5(8)9/h2-4,11-12,14-16H,5-6H2,1H3;2-3,6,12,14-15H,4-5,7H2,1H3;5-7,13-14H,2-4H2,1H3;2-5,11,13H,6-7H2,1H3;2-4,10,12-13H,5H2,1H3;2-4,9-10H,5-6H2,1H3;2*9H,2-7H2,1H3;10H,2-5H2,1H3,(H4,8,9,11);9H,2-6,8H2,1H3;7H,2-4H2,1H3,(H,9,10);6H,2-3H2,1H3,(H,8,9). The van der Waals surface area contributed by atoms with E-state index in [1.165, 1.54) is 89.2 Å². The molecule has 1 aromatic heterocycles. The second-order valence-electron chi connectivity index (χ2n) is 32.3. The van der Waals surface area contributed by atoms with E-state index in [1.54, 1.807) is 78.8 Å². The number of carboxylic acids is 2. The number of aromatic amines is 1. The van der Waals surface area contributed by atoms with Gasteiger partial charge in [0.25, 0.3) is 0 Å². The zero-order chi connectivity index (χ0) is 111. The molecule has 1 atom stereocenters. The number of nitrogens with two attached hydrogens (primary N) is 3. The van der Waals surface area contributed by atoms with Gasteiger partial charge in [-0.05, 0) is 269 Å². The Balaban J connectivity index is -0.000000365. The van der Waals surface area contributed by atoms with Crippen molar-refractivity contribution in [1.82, 2.24) is 47.5 Å². The number of nitrogens with one attached hydrogen (secondary N) is 10. The van der Waals surface area contributed by atoms with Gasteiger partial charge in [-0.15, -0.1) is 0 Å². The fourth-order valence-electron chi connectivity index (χ4n) is 10.1. The summed E-state index contributed by atoms with van der Waals surface area (Å²) in [5, 5.41) is 150. The van der Waals surface area contributed by atoms with Crippen LogP contribution in [0.4, 0.5) is 5.69 Å². The molecule has 145 heavy (non-hydrogen) atoms. The molecule has 44 nitrogen and oxygen atoms in total. The number of aliphatic imine (C=N–C) groups is 1. The molecule has 6 aromatic rings. The maximum Gasteiger partial charge on any atom is 0.317 e. The van der Waals surface area contributed by atoms with Crippen molar-refractivity contribution in [3.05, 3.63) is 143 Å². The van der Waals surface area contributed by atoms with Gasteiger partial charge in [0.1, 0.15) is 75.1 Å². The number of carbonyl (C=O) groups is 14. The molecule has 6 rings (SSSR count). The van der Waals surface area contributed by atoms with Gasteiger partial charge in [-0.25, -0.2) is 0 Å². The summed E-state index contributed by atoms with van der Waals surface area (Å²) in [6, 6.07) is 28.7. The number of benzene rings is 5. The molecule has 0 amide bonds. The predicted octanol–water partition coefficient (Wildman–Crippen LogP) is 5.13. The van der Waals surface area contributed by atoms with Crippen LogP contribution in [0.25, 0.3) is 0 Å². The minimum absolute atomic E-state index is 0.00700. The Bertz CT molecular complexity index is 4500. The molecule has 0 fully saturated rings. The monoisotopic (exact) mass is 2050 g/mol. The lowest BCUT2D eigenvalue weighted by molar-refractivity contribution is -0.137. The first-order valence-corrected chi connectivity index (χ1v) is 47.0. The first-order chi connectivity index (χ1) is 68.4. The Hall–Kier alpha value is -12.9. The first-order valence-electron chi connectivity index (χ1n) is 47.0. The third-order valence-corrected chi connectivity index (χ3v) is 17.1. The number of carboxylic acid groups (broad SMARTS) is 2. The number of phenols is 9. The van der Waals surface area contributed by atoms with Gasteiger partial charge in [0.15, 0.2) is 52.0 Å². The molecule has 5 aromatic carbocycles. The highest BCUT2D eigenvalue weighted by atomic mass is 16.5. The van der Waals surface area contributed by atoms with E-state index in [0.29, 0.717) is 122 Å². The van der Waals surface area contributed by atoms with Gasteiger partial charge in [0, 0.05) is 88.8 Å². The number of guanidine groups is 1. The molecule has 0 aliphatic rings. The largest absolute Gasteiger partial charge is 0.508 e. The molecule has 1 heterocycles. The summed E-state index contributed by atoms with van der Waals surface area (Å²) >= 11 is 0. The van der Waals surface area contributed by atoms with Crippen molar-refractivity contribution in [2.45, 2.75) is 192 Å². The maximum absolute atomic E-state index is 10.7. The number of unbranched alkanes of at least 4 members (excludes halogenated alkanes) is 3. The van der Waals surface area contributed by atoms with E-state index in [0.717, 1.165) is 106 Å². The molecule has 0 saturated heterocycles. The van der Waals surface area contributed by atoms with Crippen LogP contribution in [-0.4, -0.2) is 315 Å². The Morgan fingerprint density at radius 2 is 0.745 bits per heavy atom. The minimum atomic E-state index is -0.948. The summed E-state index contributed by atoms with van der Waals surface area (Å²) in [7, 11) is 0. The van der Waals surface area contributed by atoms with Gasteiger partial charge < -0.3 is 165 Å². The van der Waals surface area contributed by atoms with E-state index >= 15 is 0 Å². The van der Waals surface area contributed by atoms with Gasteiger partial charge in [-0.3, -0.25) is 57.7 Å². The molecule has 0 aliphatic heterocycles. The van der Waals surface area contributed by atoms with Crippen molar-refractivity contribution >= 4 is 93.0 Å². The number of hydrogen-bond donors (Lipinski definition) is 27. The number of Topliss-reactive ketones (excluding diaryl/α,β-unsaturated/α-hetero) is 12. The zero-order valence-corrected chi connectivity index (χ0v) is 86.1. The van der Waals surface area contributed by atoms with E-state index in [-0.39, 0.29) is 186 Å². The van der Waals surface area contributed by atoms with Crippen LogP contribution in [0.2, 0.25) is 0 Å². The van der Waals surface area contributed by atoms with Crippen LogP contribution in [0.5, 0.6) is 51.7 Å². The smallest absolute Gasteiger partial charge is 0.317 e. The van der Waals surface area contributed by atoms with Crippen LogP contribution in [0.15, 0.2) is 120 Å². The lowest BCUT2D eigenvalue weighted by Crippen LogP contribution is -2.26. The quantitative estimate of drug-likeness (QED) is 0.00773. The normalized spacial score (nSPS) is 10.1. The molecule has 44 heteroatoms. The van der Waals surface area contributed by atoms with Crippen LogP contribution in [0.1, 0.15) is 194 Å². The number of aliphatic hydroxyl groups is 3. The lowest BCUT2D eigenvalue weighted by Gasteiger charge is -2.12. The van der Waals surface area contributed by atoms with Gasteiger partial charge in [-0.2, -0.15) is 0 Å². The van der Waals surface area contributed by atoms with E-state index in [2.05, 4.69) is 57.8 Å². The predicted molar refractivity (Wildman–Crippen MR) is 554 cm³/mol. The SMILES string of the molecule is CC(=O)CCCCOCCO.CC(=O)CCCCOCCO.CC(=O)CCCc1ccc(O)c(O)c1.CC(=O)CNCC(=O)O.CC(=O)CNCC(O)c1ccc(O)c(O)c1.CC(=O)CNCCC(=O)O.CC(=O)CNCCCCN.CC(=O)CNCCCN=C(N)N.CC(=O)CNCCc1ccc(O)c(O)c1.CC(=O)CNCc1ccc(O)cc1.CC(=O)CNCc1ccc[nH]1.CC(=O)CNc1ccc(O)c(O)c1.